The zero-order chi connectivity index (χ0) is 11.8. The van der Waals surface area contributed by atoms with E-state index in [-0.39, 0.29) is 5.97 Å². The van der Waals surface area contributed by atoms with Crippen molar-refractivity contribution < 1.29 is 14.3 Å². The van der Waals surface area contributed by atoms with E-state index in [1.54, 1.807) is 18.3 Å². The van der Waals surface area contributed by atoms with Gasteiger partial charge in [-0.25, -0.2) is 4.79 Å². The number of thiophene rings is 1. The van der Waals surface area contributed by atoms with Gasteiger partial charge in [-0.15, -0.1) is 0 Å². The molecule has 4 heteroatoms. The minimum atomic E-state index is -0.304. The van der Waals surface area contributed by atoms with Gasteiger partial charge in [0, 0.05) is 6.42 Å². The van der Waals surface area contributed by atoms with Crippen molar-refractivity contribution in [1.29, 1.82) is 0 Å². The van der Waals surface area contributed by atoms with Crippen molar-refractivity contribution in [2.24, 2.45) is 0 Å². The largest absolute Gasteiger partial charge is 0.501 e. The zero-order valence-corrected chi connectivity index (χ0v) is 10.4. The van der Waals surface area contributed by atoms with E-state index in [1.807, 2.05) is 23.8 Å². The fourth-order valence-corrected chi connectivity index (χ4v) is 1.85. The number of carbonyl (C=O) groups excluding carboxylic acids is 1. The van der Waals surface area contributed by atoms with E-state index >= 15 is 0 Å². The van der Waals surface area contributed by atoms with Crippen molar-refractivity contribution in [3.63, 3.8) is 0 Å². The van der Waals surface area contributed by atoms with Gasteiger partial charge in [0.15, 0.2) is 0 Å². The Hall–Kier alpha value is -1.29. The number of hydrogen-bond donors (Lipinski definition) is 0. The minimum absolute atomic E-state index is 0.304. The highest BCUT2D eigenvalue weighted by Crippen LogP contribution is 2.13. The Labute approximate surface area is 99.7 Å². The summed E-state index contributed by atoms with van der Waals surface area (Å²) in [7, 11) is 0. The molecule has 1 rings (SSSR count). The molecule has 1 aromatic heterocycles. The van der Waals surface area contributed by atoms with Gasteiger partial charge in [-0.1, -0.05) is 0 Å². The van der Waals surface area contributed by atoms with Crippen LogP contribution in [0.5, 0.6) is 0 Å². The van der Waals surface area contributed by atoms with E-state index < -0.39 is 0 Å². The predicted molar refractivity (Wildman–Crippen MR) is 64.4 cm³/mol. The lowest BCUT2D eigenvalue weighted by atomic mass is 10.1. The van der Waals surface area contributed by atoms with Gasteiger partial charge in [-0.2, -0.15) is 11.3 Å². The first kappa shape index (κ1) is 12.8. The SMILES string of the molecule is CCO/C=C(\Cc1ccsc1)C(=O)OCC. The monoisotopic (exact) mass is 240 g/mol. The molecule has 0 aliphatic carbocycles. The van der Waals surface area contributed by atoms with Crippen LogP contribution in [-0.4, -0.2) is 19.2 Å². The molecule has 0 saturated carbocycles. The normalized spacial score (nSPS) is 11.2. The zero-order valence-electron chi connectivity index (χ0n) is 9.56. The molecular weight excluding hydrogens is 224 g/mol. The summed E-state index contributed by atoms with van der Waals surface area (Å²) in [5.74, 6) is -0.304. The van der Waals surface area contributed by atoms with Crippen molar-refractivity contribution in [3.05, 3.63) is 34.2 Å². The Morgan fingerprint density at radius 2 is 2.25 bits per heavy atom. The molecular formula is C12H16O3S. The molecule has 0 aromatic carbocycles. The number of esters is 1. The topological polar surface area (TPSA) is 35.5 Å². The van der Waals surface area contributed by atoms with Gasteiger partial charge in [0.05, 0.1) is 25.0 Å². The predicted octanol–water partition coefficient (Wildman–Crippen LogP) is 2.77. The van der Waals surface area contributed by atoms with E-state index in [9.17, 15) is 4.79 Å². The summed E-state index contributed by atoms with van der Waals surface area (Å²) in [6, 6.07) is 1.99. The van der Waals surface area contributed by atoms with Crippen LogP contribution in [0.15, 0.2) is 28.7 Å². The first-order valence-electron chi connectivity index (χ1n) is 5.26. The molecule has 0 radical (unpaired) electrons. The van der Waals surface area contributed by atoms with Crippen LogP contribution in [0.1, 0.15) is 19.4 Å². The lowest BCUT2D eigenvalue weighted by Crippen LogP contribution is -2.10. The van der Waals surface area contributed by atoms with Crippen molar-refractivity contribution >= 4 is 17.3 Å². The second kappa shape index (κ2) is 7.06. The van der Waals surface area contributed by atoms with Crippen molar-refractivity contribution in [2.45, 2.75) is 20.3 Å². The summed E-state index contributed by atoms with van der Waals surface area (Å²) in [4.78, 5) is 11.6. The van der Waals surface area contributed by atoms with Gasteiger partial charge >= 0.3 is 5.97 Å². The highest BCUT2D eigenvalue weighted by molar-refractivity contribution is 7.07. The second-order valence-electron chi connectivity index (χ2n) is 3.13. The van der Waals surface area contributed by atoms with Crippen LogP contribution in [0, 0.1) is 0 Å². The minimum Gasteiger partial charge on any atom is -0.501 e. The van der Waals surface area contributed by atoms with E-state index in [2.05, 4.69) is 0 Å². The summed E-state index contributed by atoms with van der Waals surface area (Å²) in [6.45, 7) is 4.60. The maximum atomic E-state index is 11.6. The van der Waals surface area contributed by atoms with Gasteiger partial charge in [0.2, 0.25) is 0 Å². The van der Waals surface area contributed by atoms with Gasteiger partial charge in [0.25, 0.3) is 0 Å². The molecule has 0 N–H and O–H groups in total. The van der Waals surface area contributed by atoms with Crippen molar-refractivity contribution in [2.75, 3.05) is 13.2 Å². The molecule has 0 bridgehead atoms. The molecule has 88 valence electrons. The molecule has 0 saturated heterocycles. The fourth-order valence-electron chi connectivity index (χ4n) is 1.18. The van der Waals surface area contributed by atoms with Crippen LogP contribution in [0.3, 0.4) is 0 Å². The smallest absolute Gasteiger partial charge is 0.337 e. The summed E-state index contributed by atoms with van der Waals surface area (Å²) in [6.07, 6.45) is 2.05. The maximum Gasteiger partial charge on any atom is 0.337 e. The quantitative estimate of drug-likeness (QED) is 0.436. The van der Waals surface area contributed by atoms with Gasteiger partial charge < -0.3 is 9.47 Å². The molecule has 16 heavy (non-hydrogen) atoms. The van der Waals surface area contributed by atoms with E-state index in [4.69, 9.17) is 9.47 Å². The summed E-state index contributed by atoms with van der Waals surface area (Å²) in [5, 5.41) is 4.00. The maximum absolute atomic E-state index is 11.6. The molecule has 0 aliphatic heterocycles. The molecule has 0 unspecified atom stereocenters. The van der Waals surface area contributed by atoms with Crippen LogP contribution >= 0.6 is 11.3 Å². The van der Waals surface area contributed by atoms with Crippen molar-refractivity contribution in [3.8, 4) is 0 Å². The lowest BCUT2D eigenvalue weighted by molar-refractivity contribution is -0.138. The van der Waals surface area contributed by atoms with Crippen LogP contribution in [-0.2, 0) is 20.7 Å². The molecule has 0 atom stereocenters. The Balaban J connectivity index is 2.67. The van der Waals surface area contributed by atoms with E-state index in [1.165, 1.54) is 6.26 Å². The summed E-state index contributed by atoms with van der Waals surface area (Å²) >= 11 is 1.61. The highest BCUT2D eigenvalue weighted by Gasteiger charge is 2.12. The first-order chi connectivity index (χ1) is 7.77. The van der Waals surface area contributed by atoms with E-state index in [0.717, 1.165) is 5.56 Å². The van der Waals surface area contributed by atoms with Crippen LogP contribution in [0.2, 0.25) is 0 Å². The number of hydrogen-bond acceptors (Lipinski definition) is 4. The molecule has 0 aliphatic rings. The molecule has 3 nitrogen and oxygen atoms in total. The van der Waals surface area contributed by atoms with Gasteiger partial charge in [-0.3, -0.25) is 0 Å². The van der Waals surface area contributed by atoms with Gasteiger partial charge in [-0.05, 0) is 36.2 Å². The van der Waals surface area contributed by atoms with Crippen LogP contribution in [0.25, 0.3) is 0 Å². The van der Waals surface area contributed by atoms with Crippen LogP contribution in [0.4, 0.5) is 0 Å². The third-order valence-electron chi connectivity index (χ3n) is 1.90. The second-order valence-corrected chi connectivity index (χ2v) is 3.91. The molecule has 1 aromatic rings. The molecule has 0 fully saturated rings. The summed E-state index contributed by atoms with van der Waals surface area (Å²) < 4.78 is 10.1. The average molecular weight is 240 g/mol. The Kier molecular flexibility index (Phi) is 5.64. The molecule has 0 spiro atoms. The van der Waals surface area contributed by atoms with Crippen molar-refractivity contribution in [1.82, 2.24) is 0 Å². The Bertz CT molecular complexity index is 341. The standard InChI is InChI=1S/C12H16O3S/c1-3-14-8-11(12(13)15-4-2)7-10-5-6-16-9-10/h5-6,8-9H,3-4,7H2,1-2H3/b11-8+. The summed E-state index contributed by atoms with van der Waals surface area (Å²) in [5.41, 5.74) is 1.66. The molecule has 0 amide bonds. The Morgan fingerprint density at radius 3 is 2.81 bits per heavy atom. The van der Waals surface area contributed by atoms with Gasteiger partial charge in [0.1, 0.15) is 0 Å². The van der Waals surface area contributed by atoms with Crippen LogP contribution < -0.4 is 0 Å². The fraction of sp³-hybridized carbons (Fsp3) is 0.417. The highest BCUT2D eigenvalue weighted by atomic mass is 32.1. The van der Waals surface area contributed by atoms with E-state index in [0.29, 0.717) is 25.2 Å². The number of ether oxygens (including phenoxy) is 2. The Morgan fingerprint density at radius 1 is 1.44 bits per heavy atom. The third kappa shape index (κ3) is 4.06. The average Bonchev–Trinajstić information content (AvgIpc) is 2.77. The first-order valence-corrected chi connectivity index (χ1v) is 6.21. The molecule has 1 heterocycles. The number of carbonyl (C=O) groups is 1. The lowest BCUT2D eigenvalue weighted by Gasteiger charge is -2.06. The third-order valence-corrected chi connectivity index (χ3v) is 2.64. The number of rotatable bonds is 6.